The fourth-order valence-corrected chi connectivity index (χ4v) is 2.76. The Bertz CT molecular complexity index is 518. The van der Waals surface area contributed by atoms with Gasteiger partial charge in [-0.2, -0.15) is 0 Å². The summed E-state index contributed by atoms with van der Waals surface area (Å²) in [5, 5.41) is 0. The van der Waals surface area contributed by atoms with Crippen LogP contribution in [0.5, 0.6) is 0 Å². The van der Waals surface area contributed by atoms with E-state index in [2.05, 4.69) is 61.9 Å². The molecule has 0 saturated heterocycles. The molecule has 0 fully saturated rings. The van der Waals surface area contributed by atoms with Gasteiger partial charge in [0.2, 0.25) is 0 Å². The van der Waals surface area contributed by atoms with Gasteiger partial charge in [0, 0.05) is 35.1 Å². The number of hydrogen-bond acceptors (Lipinski definition) is 2. The van der Waals surface area contributed by atoms with Crippen molar-refractivity contribution in [1.82, 2.24) is 9.97 Å². The molecule has 1 atom stereocenters. The van der Waals surface area contributed by atoms with Gasteiger partial charge >= 0.3 is 0 Å². The van der Waals surface area contributed by atoms with Gasteiger partial charge in [-0.1, -0.05) is 39.8 Å². The highest BCUT2D eigenvalue weighted by molar-refractivity contribution is 5.24. The molecular weight excluding hydrogens is 244 g/mol. The van der Waals surface area contributed by atoms with Crippen molar-refractivity contribution < 1.29 is 0 Å². The van der Waals surface area contributed by atoms with Gasteiger partial charge < -0.3 is 0 Å². The maximum atomic E-state index is 4.60. The zero-order chi connectivity index (χ0) is 14.6. The highest BCUT2D eigenvalue weighted by Gasteiger charge is 2.34. The van der Waals surface area contributed by atoms with Crippen LogP contribution in [0.25, 0.3) is 0 Å². The first kappa shape index (κ1) is 14.7. The van der Waals surface area contributed by atoms with Crippen molar-refractivity contribution in [2.75, 3.05) is 0 Å². The Morgan fingerprint density at radius 2 is 1.60 bits per heavy atom. The van der Waals surface area contributed by atoms with Crippen molar-refractivity contribution in [2.45, 2.75) is 45.4 Å². The predicted molar refractivity (Wildman–Crippen MR) is 83.7 cm³/mol. The van der Waals surface area contributed by atoms with Crippen LogP contribution in [0.4, 0.5) is 0 Å². The van der Waals surface area contributed by atoms with E-state index < -0.39 is 0 Å². The van der Waals surface area contributed by atoms with Crippen LogP contribution in [0.2, 0.25) is 0 Å². The minimum Gasteiger partial charge on any atom is -0.261 e. The second-order valence-corrected chi connectivity index (χ2v) is 6.37. The lowest BCUT2D eigenvalue weighted by Gasteiger charge is -2.34. The van der Waals surface area contributed by atoms with Gasteiger partial charge in [0.05, 0.1) is 0 Å². The molecule has 0 N–H and O–H groups in total. The highest BCUT2D eigenvalue weighted by Crippen LogP contribution is 2.40. The maximum Gasteiger partial charge on any atom is 0.0466 e. The molecule has 2 aromatic rings. The summed E-state index contributed by atoms with van der Waals surface area (Å²) in [6, 6.07) is 12.3. The molecule has 0 spiro atoms. The van der Waals surface area contributed by atoms with E-state index >= 15 is 0 Å². The lowest BCUT2D eigenvalue weighted by Crippen LogP contribution is -2.29. The Morgan fingerprint density at radius 3 is 2.10 bits per heavy atom. The van der Waals surface area contributed by atoms with Crippen LogP contribution in [-0.4, -0.2) is 9.97 Å². The molecule has 2 heteroatoms. The van der Waals surface area contributed by atoms with Crippen LogP contribution in [0, 0.1) is 5.92 Å². The zero-order valence-corrected chi connectivity index (χ0v) is 12.9. The molecule has 0 radical (unpaired) electrons. The standard InChI is InChI=1S/C18H24N2/c1-14(2)13-15(16-9-5-7-11-19-16)18(3,4)17-10-6-8-12-20-17/h5-12,14-15H,13H2,1-4H3. The molecule has 0 amide bonds. The maximum absolute atomic E-state index is 4.60. The van der Waals surface area contributed by atoms with Gasteiger partial charge in [0.1, 0.15) is 0 Å². The summed E-state index contributed by atoms with van der Waals surface area (Å²) < 4.78 is 0. The lowest BCUT2D eigenvalue weighted by molar-refractivity contribution is 0.338. The third-order valence-electron chi connectivity index (χ3n) is 3.95. The summed E-state index contributed by atoms with van der Waals surface area (Å²) in [6.45, 7) is 9.09. The van der Waals surface area contributed by atoms with Gasteiger partial charge in [-0.15, -0.1) is 0 Å². The van der Waals surface area contributed by atoms with E-state index in [0.29, 0.717) is 11.8 Å². The molecule has 2 nitrogen and oxygen atoms in total. The SMILES string of the molecule is CC(C)CC(c1ccccn1)C(C)(C)c1ccccn1. The van der Waals surface area contributed by atoms with Crippen LogP contribution >= 0.6 is 0 Å². The van der Waals surface area contributed by atoms with Gasteiger partial charge in [0.15, 0.2) is 0 Å². The second kappa shape index (κ2) is 6.17. The molecule has 0 aliphatic heterocycles. The van der Waals surface area contributed by atoms with Gasteiger partial charge in [-0.25, -0.2) is 0 Å². The molecule has 0 aliphatic rings. The van der Waals surface area contributed by atoms with Crippen molar-refractivity contribution >= 4 is 0 Å². The molecule has 0 bridgehead atoms. The number of aromatic nitrogens is 2. The molecule has 0 aliphatic carbocycles. The predicted octanol–water partition coefficient (Wildman–Crippen LogP) is 4.58. The summed E-state index contributed by atoms with van der Waals surface area (Å²) in [4.78, 5) is 9.17. The van der Waals surface area contributed by atoms with E-state index in [9.17, 15) is 0 Å². The average Bonchev–Trinajstić information content (AvgIpc) is 2.46. The Hall–Kier alpha value is -1.70. The first-order chi connectivity index (χ1) is 9.51. The fraction of sp³-hybridized carbons (Fsp3) is 0.444. The summed E-state index contributed by atoms with van der Waals surface area (Å²) >= 11 is 0. The van der Waals surface area contributed by atoms with Crippen LogP contribution in [0.15, 0.2) is 48.8 Å². The third kappa shape index (κ3) is 3.24. The van der Waals surface area contributed by atoms with Crippen molar-refractivity contribution in [3.63, 3.8) is 0 Å². The van der Waals surface area contributed by atoms with Crippen LogP contribution < -0.4 is 0 Å². The molecular formula is C18H24N2. The molecule has 2 rings (SSSR count). The topological polar surface area (TPSA) is 25.8 Å². The van der Waals surface area contributed by atoms with Crippen molar-refractivity contribution in [2.24, 2.45) is 5.92 Å². The molecule has 2 aromatic heterocycles. The van der Waals surface area contributed by atoms with Gasteiger partial charge in [-0.05, 0) is 36.6 Å². The minimum atomic E-state index is -0.0279. The lowest BCUT2D eigenvalue weighted by atomic mass is 9.70. The molecule has 0 saturated carbocycles. The van der Waals surface area contributed by atoms with E-state index in [-0.39, 0.29) is 5.41 Å². The fourth-order valence-electron chi connectivity index (χ4n) is 2.76. The molecule has 1 unspecified atom stereocenters. The van der Waals surface area contributed by atoms with Crippen LogP contribution in [0.3, 0.4) is 0 Å². The first-order valence-electron chi connectivity index (χ1n) is 7.34. The van der Waals surface area contributed by atoms with Crippen LogP contribution in [0.1, 0.15) is 51.4 Å². The van der Waals surface area contributed by atoms with Crippen molar-refractivity contribution in [3.8, 4) is 0 Å². The summed E-state index contributed by atoms with van der Waals surface area (Å²) in [7, 11) is 0. The Kier molecular flexibility index (Phi) is 4.53. The quantitative estimate of drug-likeness (QED) is 0.793. The zero-order valence-electron chi connectivity index (χ0n) is 12.9. The Balaban J connectivity index is 2.41. The number of hydrogen-bond donors (Lipinski definition) is 0. The number of nitrogens with zero attached hydrogens (tertiary/aromatic N) is 2. The summed E-state index contributed by atoms with van der Waals surface area (Å²) in [6.07, 6.45) is 4.87. The van der Waals surface area contributed by atoms with Crippen molar-refractivity contribution in [3.05, 3.63) is 60.2 Å². The van der Waals surface area contributed by atoms with E-state index in [1.54, 1.807) is 0 Å². The van der Waals surface area contributed by atoms with Crippen LogP contribution in [-0.2, 0) is 5.41 Å². The smallest absolute Gasteiger partial charge is 0.0466 e. The van der Waals surface area contributed by atoms with E-state index in [4.69, 9.17) is 0 Å². The molecule has 0 aromatic carbocycles. The minimum absolute atomic E-state index is 0.0279. The largest absolute Gasteiger partial charge is 0.261 e. The summed E-state index contributed by atoms with van der Waals surface area (Å²) in [5.41, 5.74) is 2.27. The number of rotatable bonds is 5. The molecule has 106 valence electrons. The van der Waals surface area contributed by atoms with E-state index in [1.807, 2.05) is 24.5 Å². The number of pyridine rings is 2. The highest BCUT2D eigenvalue weighted by atomic mass is 14.7. The Morgan fingerprint density at radius 1 is 0.950 bits per heavy atom. The van der Waals surface area contributed by atoms with Gasteiger partial charge in [0.25, 0.3) is 0 Å². The van der Waals surface area contributed by atoms with Gasteiger partial charge in [-0.3, -0.25) is 9.97 Å². The summed E-state index contributed by atoms with van der Waals surface area (Å²) in [5.74, 6) is 1.00. The monoisotopic (exact) mass is 268 g/mol. The first-order valence-corrected chi connectivity index (χ1v) is 7.34. The Labute approximate surface area is 122 Å². The molecule has 2 heterocycles. The van der Waals surface area contributed by atoms with E-state index in [0.717, 1.165) is 17.8 Å². The van der Waals surface area contributed by atoms with E-state index in [1.165, 1.54) is 0 Å². The average molecular weight is 268 g/mol. The normalized spacial score (nSPS) is 13.4. The van der Waals surface area contributed by atoms with Crippen molar-refractivity contribution in [1.29, 1.82) is 0 Å². The molecule has 20 heavy (non-hydrogen) atoms. The third-order valence-corrected chi connectivity index (χ3v) is 3.95. The second-order valence-electron chi connectivity index (χ2n) is 6.37.